The summed E-state index contributed by atoms with van der Waals surface area (Å²) in [4.78, 5) is 13.3. The fourth-order valence-corrected chi connectivity index (χ4v) is 9.24. The van der Waals surface area contributed by atoms with Crippen LogP contribution >= 0.6 is 0 Å². The van der Waals surface area contributed by atoms with E-state index in [1.54, 1.807) is 6.07 Å². The van der Waals surface area contributed by atoms with Gasteiger partial charge in [0.25, 0.3) is 0 Å². The Morgan fingerprint density at radius 2 is 1.47 bits per heavy atom. The summed E-state index contributed by atoms with van der Waals surface area (Å²) in [6.45, 7) is 6.01. The molecule has 0 aliphatic heterocycles. The first-order valence-electron chi connectivity index (χ1n) is 24.2. The summed E-state index contributed by atoms with van der Waals surface area (Å²) < 4.78 is 64.1. The summed E-state index contributed by atoms with van der Waals surface area (Å²) in [7, 11) is 0. The van der Waals surface area contributed by atoms with Crippen LogP contribution in [-0.4, -0.2) is 15.0 Å². The van der Waals surface area contributed by atoms with Crippen molar-refractivity contribution < 1.29 is 34.1 Å². The van der Waals surface area contributed by atoms with Gasteiger partial charge in [0.2, 0.25) is 0 Å². The second-order valence-corrected chi connectivity index (χ2v) is 18.4. The normalized spacial score (nSPS) is 19.3. The van der Waals surface area contributed by atoms with Crippen molar-refractivity contribution in [3.63, 3.8) is 0 Å². The molecule has 4 nitrogen and oxygen atoms in total. The predicted molar refractivity (Wildman–Crippen MR) is 241 cm³/mol. The molecule has 8 aromatic rings. The molecule has 0 N–H and O–H groups in total. The molecule has 5 heteroatoms. The van der Waals surface area contributed by atoms with Gasteiger partial charge in [0.15, 0.2) is 0 Å². The molecule has 1 radical (unpaired) electrons. The van der Waals surface area contributed by atoms with Gasteiger partial charge >= 0.3 is 0 Å². The number of hydrogen-bond acceptors (Lipinski definition) is 4. The Kier molecular flexibility index (Phi) is 9.00. The predicted octanol–water partition coefficient (Wildman–Crippen LogP) is 14.9. The number of fused-ring (bicyclic) bond motifs is 6. The third-order valence-corrected chi connectivity index (χ3v) is 12.9. The van der Waals surface area contributed by atoms with Crippen LogP contribution in [0.3, 0.4) is 0 Å². The van der Waals surface area contributed by atoms with Crippen LogP contribution in [0.5, 0.6) is 0 Å². The Morgan fingerprint density at radius 3 is 2.22 bits per heavy atom. The molecular weight excluding hydrogens is 899 g/mol. The number of aromatic nitrogens is 3. The van der Waals surface area contributed by atoms with Crippen LogP contribution in [0, 0.1) is 36.7 Å². The summed E-state index contributed by atoms with van der Waals surface area (Å²) in [6.07, 6.45) is 11.0. The van der Waals surface area contributed by atoms with E-state index in [4.69, 9.17) is 12.6 Å². The zero-order valence-electron chi connectivity index (χ0n) is 41.6. The summed E-state index contributed by atoms with van der Waals surface area (Å²) in [5.74, 6) is -0.469. The smallest absolute Gasteiger partial charge is 0.121 e. The zero-order chi connectivity index (χ0) is 46.2. The van der Waals surface area contributed by atoms with Gasteiger partial charge in [-0.3, -0.25) is 9.97 Å². The molecule has 0 bridgehead atoms. The SMILES string of the molecule is [2H]C([2H])([2H])c1cnc(-c2[c-]ccc3c2oc2cc4c(ccc5ccccc54)cc23)cc1C1([2H])CCC2(CCC(C)(C)CC2)CC1.[2H]C([2H])([2H])c1cnc(-c2[c-]cccc2)nc1C(C)(C)C.[Ir]. The maximum Gasteiger partial charge on any atom is 0.121 e. The molecule has 2 aliphatic carbocycles. The van der Waals surface area contributed by atoms with Crippen molar-refractivity contribution in [1.82, 2.24) is 15.0 Å². The Hall–Kier alpha value is -4.70. The number of pyridine rings is 1. The molecule has 5 aromatic carbocycles. The minimum absolute atomic E-state index is 0. The number of rotatable bonds is 3. The van der Waals surface area contributed by atoms with Gasteiger partial charge in [-0.15, -0.1) is 54.1 Å². The van der Waals surface area contributed by atoms with Crippen LogP contribution in [0.4, 0.5) is 0 Å². The molecule has 2 saturated carbocycles. The number of nitrogens with zero attached hydrogens (tertiary/aromatic N) is 3. The molecule has 2 aliphatic rings. The summed E-state index contributed by atoms with van der Waals surface area (Å²) in [6, 6.07) is 36.6. The molecule has 10 rings (SSSR count). The van der Waals surface area contributed by atoms with E-state index in [1.807, 2.05) is 57.2 Å². The Balaban J connectivity index is 0.000000238. The average Bonchev–Trinajstić information content (AvgIpc) is 3.64. The first-order valence-corrected chi connectivity index (χ1v) is 20.7. The average molecular weight is 961 g/mol. The molecule has 0 unspecified atom stereocenters. The summed E-state index contributed by atoms with van der Waals surface area (Å²) in [5.41, 5.74) is 5.38. The van der Waals surface area contributed by atoms with Crippen LogP contribution in [0.1, 0.15) is 124 Å². The number of furan rings is 1. The second-order valence-electron chi connectivity index (χ2n) is 18.4. The van der Waals surface area contributed by atoms with E-state index in [2.05, 4.69) is 89.5 Å². The number of benzene rings is 5. The van der Waals surface area contributed by atoms with Crippen LogP contribution in [0.2, 0.25) is 0 Å². The van der Waals surface area contributed by atoms with Gasteiger partial charge in [0.1, 0.15) is 5.58 Å². The number of hydrogen-bond donors (Lipinski definition) is 0. The second kappa shape index (κ2) is 16.1. The van der Waals surface area contributed by atoms with Gasteiger partial charge in [0.05, 0.1) is 11.4 Å². The largest absolute Gasteiger partial charge is 0.501 e. The fraction of sp³-hybridized carbons (Fsp3) is 0.352. The molecule has 0 atom stereocenters. The first-order chi connectivity index (χ1) is 30.6. The molecule has 0 saturated heterocycles. The van der Waals surface area contributed by atoms with Crippen molar-refractivity contribution in [3.05, 3.63) is 138 Å². The fourth-order valence-electron chi connectivity index (χ4n) is 9.24. The van der Waals surface area contributed by atoms with Gasteiger partial charge in [-0.2, -0.15) is 0 Å². The van der Waals surface area contributed by atoms with Gasteiger partial charge in [0, 0.05) is 58.6 Å². The third-order valence-electron chi connectivity index (χ3n) is 12.9. The van der Waals surface area contributed by atoms with Gasteiger partial charge in [-0.05, 0) is 138 Å². The molecule has 3 heterocycles. The van der Waals surface area contributed by atoms with Gasteiger partial charge in [-0.1, -0.05) is 88.0 Å². The Bertz CT molecular complexity index is 3060. The van der Waals surface area contributed by atoms with E-state index < -0.39 is 19.6 Å². The van der Waals surface area contributed by atoms with Crippen LogP contribution < -0.4 is 0 Å². The molecule has 2 fully saturated rings. The van der Waals surface area contributed by atoms with Crippen molar-refractivity contribution >= 4 is 43.5 Å². The van der Waals surface area contributed by atoms with Crippen molar-refractivity contribution in [2.75, 3.05) is 0 Å². The Labute approximate surface area is 373 Å². The first kappa shape index (κ1) is 33.1. The van der Waals surface area contributed by atoms with Crippen LogP contribution in [0.15, 0.2) is 108 Å². The van der Waals surface area contributed by atoms with E-state index >= 15 is 0 Å². The molecule has 1 spiro atoms. The van der Waals surface area contributed by atoms with Crippen molar-refractivity contribution in [2.45, 2.75) is 111 Å². The van der Waals surface area contributed by atoms with Crippen LogP contribution in [-0.2, 0) is 25.5 Å². The minimum Gasteiger partial charge on any atom is -0.501 e. The minimum atomic E-state index is -2.35. The molecule has 59 heavy (non-hydrogen) atoms. The molecular formula is C54H55IrN3O-2. The monoisotopic (exact) mass is 961 g/mol. The van der Waals surface area contributed by atoms with Crippen molar-refractivity contribution in [2.24, 2.45) is 10.8 Å². The molecule has 303 valence electrons. The zero-order valence-corrected chi connectivity index (χ0v) is 37.0. The molecule has 3 aromatic heterocycles. The topological polar surface area (TPSA) is 51.8 Å². The maximum atomic E-state index is 9.71. The summed E-state index contributed by atoms with van der Waals surface area (Å²) >= 11 is 0. The van der Waals surface area contributed by atoms with E-state index in [0.717, 1.165) is 45.5 Å². The summed E-state index contributed by atoms with van der Waals surface area (Å²) in [5, 5.41) is 6.65. The van der Waals surface area contributed by atoms with E-state index in [0.29, 0.717) is 57.6 Å². The third kappa shape index (κ3) is 8.14. The number of aryl methyl sites for hydroxylation is 2. The van der Waals surface area contributed by atoms with Gasteiger partial charge in [-0.25, -0.2) is 0 Å². The molecule has 0 amide bonds. The van der Waals surface area contributed by atoms with E-state index in [1.165, 1.54) is 48.8 Å². The maximum absolute atomic E-state index is 9.71. The van der Waals surface area contributed by atoms with E-state index in [-0.39, 0.29) is 36.6 Å². The van der Waals surface area contributed by atoms with Crippen LogP contribution in [0.25, 0.3) is 66.1 Å². The quantitative estimate of drug-likeness (QED) is 0.131. The Morgan fingerprint density at radius 1 is 0.729 bits per heavy atom. The van der Waals surface area contributed by atoms with Gasteiger partial charge < -0.3 is 9.40 Å². The van der Waals surface area contributed by atoms with Crippen molar-refractivity contribution in [3.8, 4) is 22.6 Å². The van der Waals surface area contributed by atoms with E-state index in [9.17, 15) is 1.37 Å². The van der Waals surface area contributed by atoms with Crippen molar-refractivity contribution in [1.29, 1.82) is 0 Å². The standard InChI is InChI=1S/C39H38NO.C15H17N2.Ir/c1-25-24-40-35(22-32(25)27-13-15-39(16-14-27)19-17-38(2,3)18-20-39)31-10-6-9-30-34-21-28-12-11-26-7-4-5-8-29(26)33(28)23-36(34)41-37(30)31;1-11-10-16-14(12-8-6-5-7-9-12)17-13(11)15(2,3)4;/h4-9,11-12,21-24,27H,13-20H2,1-3H3;5-8,10H,1-4H3;/q2*-1;/i1D3,27D;1D3;.